The zero-order valence-electron chi connectivity index (χ0n) is 6.77. The Morgan fingerprint density at radius 1 is 1.46 bits per heavy atom. The van der Waals surface area contributed by atoms with Crippen LogP contribution in [0.1, 0.15) is 10.4 Å². The molecule has 1 aromatic carbocycles. The number of phenolic OH excluding ortho intramolecular Hbond substituents is 1. The third kappa shape index (κ3) is 1.58. The highest BCUT2D eigenvalue weighted by Gasteiger charge is 2.18. The van der Waals surface area contributed by atoms with E-state index in [0.29, 0.717) is 0 Å². The molecular formula is C8H7F2NO2. The van der Waals surface area contributed by atoms with Crippen LogP contribution in [0.3, 0.4) is 0 Å². The number of hydrogen-bond acceptors (Lipinski definition) is 2. The second-order valence-corrected chi connectivity index (χ2v) is 2.33. The zero-order valence-corrected chi connectivity index (χ0v) is 6.77. The van der Waals surface area contributed by atoms with Crippen LogP contribution in [0.25, 0.3) is 0 Å². The molecule has 13 heavy (non-hydrogen) atoms. The lowest BCUT2D eigenvalue weighted by molar-refractivity contribution is 0.0954. The molecule has 1 aromatic rings. The number of phenols is 1. The van der Waals surface area contributed by atoms with Crippen molar-refractivity contribution in [1.29, 1.82) is 0 Å². The average Bonchev–Trinajstić information content (AvgIpc) is 2.12. The molecule has 0 aliphatic carbocycles. The van der Waals surface area contributed by atoms with E-state index in [0.717, 1.165) is 12.1 Å². The van der Waals surface area contributed by atoms with Gasteiger partial charge in [0.05, 0.1) is 0 Å². The maximum absolute atomic E-state index is 12.9. The van der Waals surface area contributed by atoms with E-state index in [1.165, 1.54) is 7.05 Å². The van der Waals surface area contributed by atoms with E-state index in [4.69, 9.17) is 5.11 Å². The lowest BCUT2D eigenvalue weighted by Gasteiger charge is -2.03. The van der Waals surface area contributed by atoms with E-state index in [1.807, 2.05) is 0 Å². The van der Waals surface area contributed by atoms with Crippen LogP contribution in [0.4, 0.5) is 8.78 Å². The van der Waals surface area contributed by atoms with Gasteiger partial charge in [-0.1, -0.05) is 0 Å². The Hall–Kier alpha value is -1.65. The normalized spacial score (nSPS) is 9.77. The molecule has 0 aliphatic heterocycles. The van der Waals surface area contributed by atoms with Crippen molar-refractivity contribution in [3.63, 3.8) is 0 Å². The second-order valence-electron chi connectivity index (χ2n) is 2.33. The first-order chi connectivity index (χ1) is 6.07. The van der Waals surface area contributed by atoms with Crippen molar-refractivity contribution in [2.24, 2.45) is 0 Å². The molecule has 1 amide bonds. The summed E-state index contributed by atoms with van der Waals surface area (Å²) in [5, 5.41) is 10.9. The van der Waals surface area contributed by atoms with E-state index in [2.05, 4.69) is 5.32 Å². The molecule has 0 radical (unpaired) electrons. The fourth-order valence-corrected chi connectivity index (χ4v) is 0.875. The minimum Gasteiger partial charge on any atom is -0.505 e. The van der Waals surface area contributed by atoms with Gasteiger partial charge in [-0.25, -0.2) is 8.78 Å². The molecule has 0 atom stereocenters. The SMILES string of the molecule is CNC(=O)c1c(F)ccc(O)c1F. The minimum absolute atomic E-state index is 0.750. The predicted octanol–water partition coefficient (Wildman–Crippen LogP) is 1.03. The summed E-state index contributed by atoms with van der Waals surface area (Å²) in [6.07, 6.45) is 0. The Morgan fingerprint density at radius 3 is 2.62 bits per heavy atom. The van der Waals surface area contributed by atoms with Gasteiger partial charge >= 0.3 is 0 Å². The molecule has 0 saturated heterocycles. The molecule has 5 heteroatoms. The molecule has 0 aliphatic rings. The number of carbonyl (C=O) groups is 1. The molecule has 0 aromatic heterocycles. The van der Waals surface area contributed by atoms with Crippen molar-refractivity contribution >= 4 is 5.91 Å². The third-order valence-electron chi connectivity index (χ3n) is 1.52. The Labute approximate surface area is 73.0 Å². The smallest absolute Gasteiger partial charge is 0.257 e. The van der Waals surface area contributed by atoms with Crippen LogP contribution in [-0.2, 0) is 0 Å². The zero-order chi connectivity index (χ0) is 10.0. The van der Waals surface area contributed by atoms with Gasteiger partial charge in [0.15, 0.2) is 11.6 Å². The van der Waals surface area contributed by atoms with Gasteiger partial charge in [-0.2, -0.15) is 0 Å². The minimum atomic E-state index is -1.25. The lowest BCUT2D eigenvalue weighted by Crippen LogP contribution is -2.20. The number of aromatic hydroxyl groups is 1. The predicted molar refractivity (Wildman–Crippen MR) is 41.4 cm³/mol. The fraction of sp³-hybridized carbons (Fsp3) is 0.125. The van der Waals surface area contributed by atoms with Crippen LogP contribution in [-0.4, -0.2) is 18.1 Å². The second kappa shape index (κ2) is 3.38. The first-order valence-electron chi connectivity index (χ1n) is 3.47. The van der Waals surface area contributed by atoms with Crippen LogP contribution >= 0.6 is 0 Å². The van der Waals surface area contributed by atoms with Gasteiger partial charge in [0.1, 0.15) is 11.4 Å². The van der Waals surface area contributed by atoms with E-state index in [-0.39, 0.29) is 0 Å². The number of hydrogen-bond donors (Lipinski definition) is 2. The Balaban J connectivity index is 3.33. The van der Waals surface area contributed by atoms with E-state index < -0.39 is 28.9 Å². The fourth-order valence-electron chi connectivity index (χ4n) is 0.875. The van der Waals surface area contributed by atoms with Gasteiger partial charge in [0.2, 0.25) is 0 Å². The topological polar surface area (TPSA) is 49.3 Å². The summed E-state index contributed by atoms with van der Waals surface area (Å²) >= 11 is 0. The highest BCUT2D eigenvalue weighted by molar-refractivity contribution is 5.94. The molecule has 2 N–H and O–H groups in total. The van der Waals surface area contributed by atoms with Crippen molar-refractivity contribution in [2.45, 2.75) is 0 Å². The molecule has 0 fully saturated rings. The monoisotopic (exact) mass is 187 g/mol. The van der Waals surface area contributed by atoms with Gasteiger partial charge in [-0.05, 0) is 12.1 Å². The summed E-state index contributed by atoms with van der Waals surface area (Å²) < 4.78 is 25.8. The first-order valence-corrected chi connectivity index (χ1v) is 3.47. The summed E-state index contributed by atoms with van der Waals surface area (Å²) in [5.74, 6) is -3.92. The average molecular weight is 187 g/mol. The maximum Gasteiger partial charge on any atom is 0.257 e. The van der Waals surface area contributed by atoms with Crippen LogP contribution in [0.5, 0.6) is 5.75 Å². The lowest BCUT2D eigenvalue weighted by atomic mass is 10.1. The van der Waals surface area contributed by atoms with Crippen LogP contribution < -0.4 is 5.32 Å². The van der Waals surface area contributed by atoms with Gasteiger partial charge in [-0.3, -0.25) is 4.79 Å². The highest BCUT2D eigenvalue weighted by atomic mass is 19.1. The standard InChI is InChI=1S/C8H7F2NO2/c1-11-8(13)6-4(9)2-3-5(12)7(6)10/h2-3,12H,1H3,(H,11,13). The van der Waals surface area contributed by atoms with Crippen molar-refractivity contribution in [3.05, 3.63) is 29.3 Å². The Kier molecular flexibility index (Phi) is 2.46. The first kappa shape index (κ1) is 9.44. The number of amides is 1. The van der Waals surface area contributed by atoms with Gasteiger partial charge in [0.25, 0.3) is 5.91 Å². The Morgan fingerprint density at radius 2 is 2.08 bits per heavy atom. The third-order valence-corrected chi connectivity index (χ3v) is 1.52. The maximum atomic E-state index is 12.9. The molecule has 3 nitrogen and oxygen atoms in total. The van der Waals surface area contributed by atoms with Crippen molar-refractivity contribution < 1.29 is 18.7 Å². The van der Waals surface area contributed by atoms with Gasteiger partial charge in [0, 0.05) is 7.05 Å². The van der Waals surface area contributed by atoms with Crippen LogP contribution in [0.2, 0.25) is 0 Å². The molecule has 0 heterocycles. The molecule has 0 unspecified atom stereocenters. The summed E-state index contributed by atoms with van der Waals surface area (Å²) in [6.45, 7) is 0. The number of halogens is 2. The van der Waals surface area contributed by atoms with Gasteiger partial charge < -0.3 is 10.4 Å². The molecule has 0 spiro atoms. The van der Waals surface area contributed by atoms with E-state index >= 15 is 0 Å². The van der Waals surface area contributed by atoms with E-state index in [1.54, 1.807) is 0 Å². The van der Waals surface area contributed by atoms with Crippen molar-refractivity contribution in [3.8, 4) is 5.75 Å². The van der Waals surface area contributed by atoms with E-state index in [9.17, 15) is 13.6 Å². The quantitative estimate of drug-likeness (QED) is 0.689. The summed E-state index contributed by atoms with van der Waals surface area (Å²) in [7, 11) is 1.24. The molecule has 0 bridgehead atoms. The molecule has 1 rings (SSSR count). The molecular weight excluding hydrogens is 180 g/mol. The van der Waals surface area contributed by atoms with Crippen LogP contribution in [0, 0.1) is 11.6 Å². The highest BCUT2D eigenvalue weighted by Crippen LogP contribution is 2.21. The molecule has 0 saturated carbocycles. The van der Waals surface area contributed by atoms with Crippen molar-refractivity contribution in [2.75, 3.05) is 7.05 Å². The number of benzene rings is 1. The summed E-state index contributed by atoms with van der Waals surface area (Å²) in [5.41, 5.74) is -0.775. The molecule has 70 valence electrons. The summed E-state index contributed by atoms with van der Waals surface area (Å²) in [6, 6.07) is 1.67. The number of carbonyl (C=O) groups excluding carboxylic acids is 1. The number of nitrogens with one attached hydrogen (secondary N) is 1. The number of rotatable bonds is 1. The van der Waals surface area contributed by atoms with Gasteiger partial charge in [-0.15, -0.1) is 0 Å². The summed E-state index contributed by atoms with van der Waals surface area (Å²) in [4.78, 5) is 10.9. The Bertz CT molecular complexity index is 352. The largest absolute Gasteiger partial charge is 0.505 e. The van der Waals surface area contributed by atoms with Crippen molar-refractivity contribution in [1.82, 2.24) is 5.32 Å². The van der Waals surface area contributed by atoms with Crippen LogP contribution in [0.15, 0.2) is 12.1 Å².